The van der Waals surface area contributed by atoms with E-state index in [9.17, 15) is 4.79 Å². The first kappa shape index (κ1) is 13.8. The number of carbonyl (C=O) groups is 1. The maximum Gasteiger partial charge on any atom is 0.339 e. The summed E-state index contributed by atoms with van der Waals surface area (Å²) >= 11 is 9.33. The number of carboxylic acids is 1. The van der Waals surface area contributed by atoms with Crippen molar-refractivity contribution in [1.82, 2.24) is 9.97 Å². The molecule has 0 aliphatic rings. The lowest BCUT2D eigenvalue weighted by Crippen LogP contribution is -2.10. The van der Waals surface area contributed by atoms with Gasteiger partial charge in [-0.2, -0.15) is 0 Å². The molecule has 0 saturated carbocycles. The number of anilines is 1. The van der Waals surface area contributed by atoms with Gasteiger partial charge in [-0.25, -0.2) is 14.8 Å². The van der Waals surface area contributed by atoms with Crippen molar-refractivity contribution in [3.8, 4) is 0 Å². The number of rotatable bonds is 4. The molecule has 0 atom stereocenters. The predicted octanol–water partition coefficient (Wildman–Crippen LogP) is 3.20. The molecule has 0 bridgehead atoms. The molecule has 0 aliphatic carbocycles. The van der Waals surface area contributed by atoms with Crippen molar-refractivity contribution in [2.24, 2.45) is 0 Å². The van der Waals surface area contributed by atoms with E-state index in [0.717, 1.165) is 10.2 Å². The summed E-state index contributed by atoms with van der Waals surface area (Å²) in [6.45, 7) is 0.267. The first-order chi connectivity index (χ1) is 9.09. The summed E-state index contributed by atoms with van der Waals surface area (Å²) in [5.41, 5.74) is 1.25. The number of hydrogen-bond donors (Lipinski definition) is 2. The van der Waals surface area contributed by atoms with Crippen LogP contribution in [-0.4, -0.2) is 21.0 Å². The normalized spacial score (nSPS) is 10.2. The van der Waals surface area contributed by atoms with Crippen molar-refractivity contribution < 1.29 is 9.90 Å². The Labute approximate surface area is 122 Å². The van der Waals surface area contributed by atoms with E-state index < -0.39 is 5.97 Å². The lowest BCUT2D eigenvalue weighted by Gasteiger charge is -2.10. The molecule has 2 aromatic rings. The van der Waals surface area contributed by atoms with Crippen LogP contribution < -0.4 is 5.32 Å². The number of nitrogens with zero attached hydrogens (tertiary/aromatic N) is 2. The molecule has 0 fully saturated rings. The molecule has 0 radical (unpaired) electrons. The molecule has 2 rings (SSSR count). The summed E-state index contributed by atoms with van der Waals surface area (Å²) in [5, 5.41) is 12.7. The highest BCUT2D eigenvalue weighted by Gasteiger charge is 2.11. The number of carboxylic acid groups (broad SMARTS) is 1. The summed E-state index contributed by atoms with van der Waals surface area (Å²) in [6, 6.07) is 5.38. The molecule has 1 aromatic heterocycles. The topological polar surface area (TPSA) is 75.1 Å². The number of halogens is 2. The van der Waals surface area contributed by atoms with Gasteiger partial charge in [0.05, 0.1) is 27.4 Å². The van der Waals surface area contributed by atoms with Crippen molar-refractivity contribution in [1.29, 1.82) is 0 Å². The fourth-order valence-corrected chi connectivity index (χ4v) is 2.07. The fraction of sp³-hybridized carbons (Fsp3) is 0.0833. The van der Waals surface area contributed by atoms with Gasteiger partial charge < -0.3 is 10.4 Å². The SMILES string of the molecule is O=C(O)c1cncnc1CNc1cccc(Cl)c1Br. The second-order valence-corrected chi connectivity index (χ2v) is 4.84. The molecule has 98 valence electrons. The molecule has 0 saturated heterocycles. The van der Waals surface area contributed by atoms with E-state index in [-0.39, 0.29) is 12.1 Å². The molecule has 5 nitrogen and oxygen atoms in total. The zero-order valence-electron chi connectivity index (χ0n) is 9.60. The minimum atomic E-state index is -1.05. The third kappa shape index (κ3) is 3.21. The minimum absolute atomic E-state index is 0.0770. The highest BCUT2D eigenvalue weighted by Crippen LogP contribution is 2.30. The fourth-order valence-electron chi connectivity index (χ4n) is 1.49. The second-order valence-electron chi connectivity index (χ2n) is 3.64. The van der Waals surface area contributed by atoms with E-state index in [1.807, 2.05) is 6.07 Å². The van der Waals surface area contributed by atoms with Gasteiger partial charge in [-0.15, -0.1) is 0 Å². The minimum Gasteiger partial charge on any atom is -0.478 e. The van der Waals surface area contributed by atoms with Gasteiger partial charge in [-0.05, 0) is 28.1 Å². The summed E-state index contributed by atoms with van der Waals surface area (Å²) < 4.78 is 0.725. The van der Waals surface area contributed by atoms with Crippen LogP contribution in [0.1, 0.15) is 16.1 Å². The van der Waals surface area contributed by atoms with Gasteiger partial charge in [0.2, 0.25) is 0 Å². The van der Waals surface area contributed by atoms with Crippen LogP contribution >= 0.6 is 27.5 Å². The molecule has 0 spiro atoms. The Bertz CT molecular complexity index is 622. The zero-order valence-corrected chi connectivity index (χ0v) is 11.9. The Morgan fingerprint density at radius 1 is 1.47 bits per heavy atom. The number of hydrogen-bond acceptors (Lipinski definition) is 4. The molecule has 0 amide bonds. The van der Waals surface area contributed by atoms with Gasteiger partial charge in [0.25, 0.3) is 0 Å². The van der Waals surface area contributed by atoms with Crippen LogP contribution in [0.25, 0.3) is 0 Å². The van der Waals surface area contributed by atoms with Crippen LogP contribution in [0.3, 0.4) is 0 Å². The number of nitrogens with one attached hydrogen (secondary N) is 1. The largest absolute Gasteiger partial charge is 0.478 e. The average Bonchev–Trinajstić information content (AvgIpc) is 2.40. The molecule has 1 aromatic carbocycles. The molecule has 2 N–H and O–H groups in total. The van der Waals surface area contributed by atoms with E-state index in [1.165, 1.54) is 12.5 Å². The molecular formula is C12H9BrClN3O2. The molecular weight excluding hydrogens is 334 g/mol. The highest BCUT2D eigenvalue weighted by atomic mass is 79.9. The molecule has 19 heavy (non-hydrogen) atoms. The predicted molar refractivity (Wildman–Crippen MR) is 75.5 cm³/mol. The summed E-state index contributed by atoms with van der Waals surface area (Å²) in [5.74, 6) is -1.05. The third-order valence-corrected chi connectivity index (χ3v) is 3.82. The molecule has 7 heteroatoms. The van der Waals surface area contributed by atoms with Crippen LogP contribution in [0.5, 0.6) is 0 Å². The van der Waals surface area contributed by atoms with E-state index in [1.54, 1.807) is 12.1 Å². The van der Waals surface area contributed by atoms with E-state index in [2.05, 4.69) is 31.2 Å². The third-order valence-electron chi connectivity index (χ3n) is 2.42. The summed E-state index contributed by atoms with van der Waals surface area (Å²) in [4.78, 5) is 18.7. The molecule has 0 unspecified atom stereocenters. The number of benzene rings is 1. The van der Waals surface area contributed by atoms with Gasteiger partial charge in [-0.1, -0.05) is 17.7 Å². The van der Waals surface area contributed by atoms with Gasteiger partial charge >= 0.3 is 5.97 Å². The quantitative estimate of drug-likeness (QED) is 0.892. The van der Waals surface area contributed by atoms with Crippen molar-refractivity contribution in [3.63, 3.8) is 0 Å². The highest BCUT2D eigenvalue weighted by molar-refractivity contribution is 9.10. The van der Waals surface area contributed by atoms with Crippen molar-refractivity contribution in [2.45, 2.75) is 6.54 Å². The zero-order chi connectivity index (χ0) is 13.8. The first-order valence-corrected chi connectivity index (χ1v) is 6.46. The summed E-state index contributed by atoms with van der Waals surface area (Å²) in [7, 11) is 0. The lowest BCUT2D eigenvalue weighted by molar-refractivity contribution is 0.0694. The number of aromatic nitrogens is 2. The van der Waals surface area contributed by atoms with Crippen molar-refractivity contribution in [3.05, 3.63) is 51.5 Å². The van der Waals surface area contributed by atoms with Crippen molar-refractivity contribution in [2.75, 3.05) is 5.32 Å². The monoisotopic (exact) mass is 341 g/mol. The Balaban J connectivity index is 2.19. The van der Waals surface area contributed by atoms with Crippen LogP contribution in [0.2, 0.25) is 5.02 Å². The Morgan fingerprint density at radius 3 is 3.00 bits per heavy atom. The standard InChI is InChI=1S/C12H9BrClN3O2/c13-11-8(14)2-1-3-9(11)16-5-10-7(12(18)19)4-15-6-17-10/h1-4,6,16H,5H2,(H,18,19). The second kappa shape index (κ2) is 5.99. The number of aromatic carboxylic acids is 1. The van der Waals surface area contributed by atoms with E-state index in [0.29, 0.717) is 10.7 Å². The van der Waals surface area contributed by atoms with Crippen LogP contribution in [0, 0.1) is 0 Å². The van der Waals surface area contributed by atoms with Crippen LogP contribution in [-0.2, 0) is 6.54 Å². The van der Waals surface area contributed by atoms with E-state index >= 15 is 0 Å². The Hall–Kier alpha value is -1.66. The maximum atomic E-state index is 11.0. The van der Waals surface area contributed by atoms with Gasteiger partial charge in [0.15, 0.2) is 0 Å². The van der Waals surface area contributed by atoms with Gasteiger partial charge in [0.1, 0.15) is 11.9 Å². The lowest BCUT2D eigenvalue weighted by atomic mass is 10.2. The first-order valence-electron chi connectivity index (χ1n) is 5.29. The van der Waals surface area contributed by atoms with Crippen LogP contribution in [0.15, 0.2) is 35.2 Å². The van der Waals surface area contributed by atoms with E-state index in [4.69, 9.17) is 16.7 Å². The smallest absolute Gasteiger partial charge is 0.339 e. The van der Waals surface area contributed by atoms with Gasteiger partial charge in [0, 0.05) is 6.20 Å². The van der Waals surface area contributed by atoms with Crippen LogP contribution in [0.4, 0.5) is 5.69 Å². The maximum absolute atomic E-state index is 11.0. The molecule has 1 heterocycles. The summed E-state index contributed by atoms with van der Waals surface area (Å²) in [6.07, 6.45) is 2.59. The Morgan fingerprint density at radius 2 is 2.26 bits per heavy atom. The molecule has 0 aliphatic heterocycles. The Kier molecular flexibility index (Phi) is 4.34. The van der Waals surface area contributed by atoms with Crippen molar-refractivity contribution >= 4 is 39.2 Å². The van der Waals surface area contributed by atoms with Gasteiger partial charge in [-0.3, -0.25) is 0 Å². The average molecular weight is 343 g/mol.